The molecule has 0 amide bonds. The number of nitrogens with two attached hydrogens (primary N) is 1. The summed E-state index contributed by atoms with van der Waals surface area (Å²) in [5.41, 5.74) is 8.64. The lowest BCUT2D eigenvalue weighted by Gasteiger charge is -2.19. The number of rotatable bonds is 4. The van der Waals surface area contributed by atoms with E-state index in [-0.39, 0.29) is 10.6 Å². The Bertz CT molecular complexity index is 755. The number of anilines is 4. The van der Waals surface area contributed by atoms with Gasteiger partial charge in [-0.3, -0.25) is 0 Å². The van der Waals surface area contributed by atoms with E-state index in [2.05, 4.69) is 5.32 Å². The van der Waals surface area contributed by atoms with Gasteiger partial charge >= 0.3 is 0 Å². The number of sulfone groups is 1. The van der Waals surface area contributed by atoms with Gasteiger partial charge in [0, 0.05) is 20.4 Å². The highest BCUT2D eigenvalue weighted by atomic mass is 32.2. The molecule has 2 aromatic rings. The molecule has 2 aromatic carbocycles. The van der Waals surface area contributed by atoms with Gasteiger partial charge in [-0.25, -0.2) is 8.42 Å². The Hall–Kier alpha value is -2.21. The lowest BCUT2D eigenvalue weighted by atomic mass is 10.2. The van der Waals surface area contributed by atoms with Crippen molar-refractivity contribution in [1.29, 1.82) is 0 Å². The second-order valence-electron chi connectivity index (χ2n) is 5.03. The van der Waals surface area contributed by atoms with Gasteiger partial charge in [-0.15, -0.1) is 0 Å². The lowest BCUT2D eigenvalue weighted by molar-refractivity contribution is 0.602. The summed E-state index contributed by atoms with van der Waals surface area (Å²) in [6, 6.07) is 12.7. The molecule has 21 heavy (non-hydrogen) atoms. The Kier molecular flexibility index (Phi) is 4.09. The first-order valence-corrected chi connectivity index (χ1v) is 8.32. The number of hydrogen-bond acceptors (Lipinski definition) is 5. The minimum Gasteiger partial charge on any atom is -0.396 e. The number of nitrogens with zero attached hydrogens (tertiary/aromatic N) is 1. The van der Waals surface area contributed by atoms with Gasteiger partial charge in [-0.1, -0.05) is 18.2 Å². The van der Waals surface area contributed by atoms with Gasteiger partial charge in [-0.05, 0) is 24.3 Å². The maximum atomic E-state index is 11.7. The van der Waals surface area contributed by atoms with E-state index in [1.54, 1.807) is 12.1 Å². The predicted molar refractivity (Wildman–Crippen MR) is 88.0 cm³/mol. The molecule has 0 spiro atoms. The summed E-state index contributed by atoms with van der Waals surface area (Å²) in [7, 11) is 0.532. The highest BCUT2D eigenvalue weighted by molar-refractivity contribution is 7.90. The molecule has 112 valence electrons. The molecule has 2 rings (SSSR count). The monoisotopic (exact) mass is 305 g/mol. The van der Waals surface area contributed by atoms with Crippen LogP contribution >= 0.6 is 0 Å². The zero-order chi connectivity index (χ0) is 15.6. The molecular weight excluding hydrogens is 286 g/mol. The Morgan fingerprint density at radius 3 is 2.24 bits per heavy atom. The summed E-state index contributed by atoms with van der Waals surface area (Å²) in [6.07, 6.45) is 1.15. The Balaban J connectivity index is 2.47. The topological polar surface area (TPSA) is 75.4 Å². The van der Waals surface area contributed by atoms with Crippen molar-refractivity contribution in [1.82, 2.24) is 0 Å². The molecule has 0 heterocycles. The van der Waals surface area contributed by atoms with Crippen molar-refractivity contribution in [3.8, 4) is 0 Å². The van der Waals surface area contributed by atoms with Crippen LogP contribution in [0.3, 0.4) is 0 Å². The summed E-state index contributed by atoms with van der Waals surface area (Å²) in [4.78, 5) is 2.11. The minimum absolute atomic E-state index is 0.134. The summed E-state index contributed by atoms with van der Waals surface area (Å²) < 4.78 is 23.4. The van der Waals surface area contributed by atoms with Crippen molar-refractivity contribution in [3.63, 3.8) is 0 Å². The summed E-state index contributed by atoms with van der Waals surface area (Å²) >= 11 is 0. The highest BCUT2D eigenvalue weighted by Crippen LogP contribution is 2.32. The third kappa shape index (κ3) is 3.28. The van der Waals surface area contributed by atoms with Gasteiger partial charge in [0.15, 0.2) is 9.84 Å². The van der Waals surface area contributed by atoms with E-state index in [0.717, 1.165) is 17.6 Å². The van der Waals surface area contributed by atoms with Crippen LogP contribution < -0.4 is 16.0 Å². The van der Waals surface area contributed by atoms with Crippen molar-refractivity contribution in [3.05, 3.63) is 42.5 Å². The number of benzene rings is 2. The molecule has 0 fully saturated rings. The van der Waals surface area contributed by atoms with Gasteiger partial charge < -0.3 is 16.0 Å². The van der Waals surface area contributed by atoms with Crippen molar-refractivity contribution in [2.75, 3.05) is 36.3 Å². The van der Waals surface area contributed by atoms with Crippen LogP contribution in [0.25, 0.3) is 0 Å². The number of nitrogens with one attached hydrogen (secondary N) is 1. The second-order valence-corrected chi connectivity index (χ2v) is 7.01. The van der Waals surface area contributed by atoms with Crippen molar-refractivity contribution >= 4 is 32.6 Å². The molecule has 0 radical (unpaired) electrons. The summed E-state index contributed by atoms with van der Waals surface area (Å²) in [6.45, 7) is 0. The maximum absolute atomic E-state index is 11.7. The maximum Gasteiger partial charge on any atom is 0.177 e. The smallest absolute Gasteiger partial charge is 0.177 e. The summed E-state index contributed by atoms with van der Waals surface area (Å²) in [5.74, 6) is 0. The molecular formula is C15H19N3O2S. The van der Waals surface area contributed by atoms with Crippen LogP contribution in [0, 0.1) is 0 Å². The molecule has 3 N–H and O–H groups in total. The number of hydrogen-bond donors (Lipinski definition) is 2. The van der Waals surface area contributed by atoms with Crippen LogP contribution in [0.4, 0.5) is 22.7 Å². The first kappa shape index (κ1) is 15.2. The molecule has 0 saturated heterocycles. The van der Waals surface area contributed by atoms with Crippen LogP contribution in [-0.2, 0) is 9.84 Å². The molecule has 0 bridgehead atoms. The second kappa shape index (κ2) is 5.65. The average molecular weight is 305 g/mol. The fourth-order valence-corrected chi connectivity index (χ4v) is 2.93. The van der Waals surface area contributed by atoms with Crippen molar-refractivity contribution in [2.45, 2.75) is 4.90 Å². The highest BCUT2D eigenvalue weighted by Gasteiger charge is 2.15. The van der Waals surface area contributed by atoms with Crippen molar-refractivity contribution < 1.29 is 8.42 Å². The lowest BCUT2D eigenvalue weighted by Crippen LogP contribution is -2.11. The van der Waals surface area contributed by atoms with Crippen LogP contribution in [0.2, 0.25) is 0 Å². The summed E-state index contributed by atoms with van der Waals surface area (Å²) in [5, 5.41) is 3.20. The van der Waals surface area contributed by atoms with Gasteiger partial charge in [0.25, 0.3) is 0 Å². The van der Waals surface area contributed by atoms with E-state index in [1.165, 1.54) is 6.07 Å². The van der Waals surface area contributed by atoms with Gasteiger partial charge in [-0.2, -0.15) is 0 Å². The SMILES string of the molecule is CN(C)c1ccccc1Nc1cccc(S(C)(=O)=O)c1N. The van der Waals surface area contributed by atoms with Gasteiger partial charge in [0.05, 0.1) is 27.6 Å². The molecule has 0 aromatic heterocycles. The first-order chi connectivity index (χ1) is 9.80. The predicted octanol–water partition coefficient (Wildman–Crippen LogP) is 2.48. The van der Waals surface area contributed by atoms with E-state index in [0.29, 0.717) is 5.69 Å². The largest absolute Gasteiger partial charge is 0.396 e. The van der Waals surface area contributed by atoms with Crippen molar-refractivity contribution in [2.24, 2.45) is 0 Å². The van der Waals surface area contributed by atoms with E-state index >= 15 is 0 Å². The number of para-hydroxylation sites is 3. The zero-order valence-corrected chi connectivity index (χ0v) is 13.1. The fourth-order valence-electron chi connectivity index (χ4n) is 2.09. The molecule has 0 aliphatic carbocycles. The van der Waals surface area contributed by atoms with Gasteiger partial charge in [0.1, 0.15) is 0 Å². The van der Waals surface area contributed by atoms with E-state index in [9.17, 15) is 8.42 Å². The Morgan fingerprint density at radius 2 is 1.62 bits per heavy atom. The zero-order valence-electron chi connectivity index (χ0n) is 12.3. The van der Waals surface area contributed by atoms with Crippen LogP contribution in [0.5, 0.6) is 0 Å². The normalized spacial score (nSPS) is 11.2. The van der Waals surface area contributed by atoms with E-state index in [1.807, 2.05) is 43.3 Å². The van der Waals surface area contributed by atoms with E-state index in [4.69, 9.17) is 5.73 Å². The minimum atomic E-state index is -3.35. The van der Waals surface area contributed by atoms with E-state index < -0.39 is 9.84 Å². The Labute approximate surface area is 125 Å². The standard InChI is InChI=1S/C15H19N3O2S/c1-18(2)13-9-5-4-7-11(13)17-12-8-6-10-14(15(12)16)21(3,19)20/h4-10,17H,16H2,1-3H3. The average Bonchev–Trinajstić information content (AvgIpc) is 2.40. The molecule has 0 aliphatic rings. The third-order valence-corrected chi connectivity index (χ3v) is 4.28. The fraction of sp³-hybridized carbons (Fsp3) is 0.200. The molecule has 0 atom stereocenters. The first-order valence-electron chi connectivity index (χ1n) is 6.42. The third-order valence-electron chi connectivity index (χ3n) is 3.12. The number of nitrogen functional groups attached to an aromatic ring is 1. The molecule has 0 aliphatic heterocycles. The molecule has 6 heteroatoms. The van der Waals surface area contributed by atoms with Crippen LogP contribution in [0.1, 0.15) is 0 Å². The van der Waals surface area contributed by atoms with Crippen LogP contribution in [0.15, 0.2) is 47.4 Å². The van der Waals surface area contributed by atoms with Gasteiger partial charge in [0.2, 0.25) is 0 Å². The Morgan fingerprint density at radius 1 is 1.00 bits per heavy atom. The quantitative estimate of drug-likeness (QED) is 0.849. The molecule has 5 nitrogen and oxygen atoms in total. The van der Waals surface area contributed by atoms with Crippen LogP contribution in [-0.4, -0.2) is 28.8 Å². The molecule has 0 saturated carbocycles. The molecule has 0 unspecified atom stereocenters.